The predicted molar refractivity (Wildman–Crippen MR) is 113 cm³/mol. The Bertz CT molecular complexity index is 790. The lowest BCUT2D eigenvalue weighted by atomic mass is 10.1. The van der Waals surface area contributed by atoms with Crippen LogP contribution in [0, 0.1) is 6.92 Å². The number of quaternary nitrogens is 1. The molecule has 0 saturated heterocycles. The largest absolute Gasteiger partial charge is 1.00 e. The Kier molecular flexibility index (Phi) is 8.77. The van der Waals surface area contributed by atoms with Crippen molar-refractivity contribution in [2.75, 3.05) is 27.7 Å². The van der Waals surface area contributed by atoms with Gasteiger partial charge in [-0.1, -0.05) is 24.6 Å². The predicted octanol–water partition coefficient (Wildman–Crippen LogP) is 2.30. The zero-order valence-electron chi connectivity index (χ0n) is 16.3. The first-order chi connectivity index (χ1) is 11.5. The van der Waals surface area contributed by atoms with Gasteiger partial charge in [-0.15, -0.1) is 17.0 Å². The van der Waals surface area contributed by atoms with E-state index >= 15 is 0 Å². The minimum absolute atomic E-state index is 0. The summed E-state index contributed by atoms with van der Waals surface area (Å²) in [5, 5.41) is 1.27. The Hall–Kier alpha value is -0.910. The van der Waals surface area contributed by atoms with Gasteiger partial charge in [0.25, 0.3) is 0 Å². The molecule has 2 aliphatic rings. The summed E-state index contributed by atoms with van der Waals surface area (Å²) in [5.74, 6) is 0. The Morgan fingerprint density at radius 1 is 0.962 bits per heavy atom. The van der Waals surface area contributed by atoms with Crippen molar-refractivity contribution in [3.63, 3.8) is 0 Å². The van der Waals surface area contributed by atoms with Crippen molar-refractivity contribution in [1.29, 1.82) is 0 Å². The topological polar surface area (TPSA) is 17.8 Å². The van der Waals surface area contributed by atoms with Crippen molar-refractivity contribution in [2.45, 2.75) is 39.2 Å². The zero-order chi connectivity index (χ0) is 17.2. The molecule has 0 fully saturated rings. The van der Waals surface area contributed by atoms with Crippen molar-refractivity contribution in [3.8, 4) is 11.3 Å². The number of benzene rings is 1. The van der Waals surface area contributed by atoms with Crippen LogP contribution < -0.4 is 17.0 Å². The molecule has 5 heteroatoms. The third-order valence-electron chi connectivity index (χ3n) is 4.85. The number of aryl methyl sites for hydroxylation is 1. The molecule has 0 saturated carbocycles. The molecule has 0 aliphatic carbocycles. The molecule has 2 aliphatic heterocycles. The third kappa shape index (κ3) is 5.54. The molecule has 0 spiro atoms. The highest BCUT2D eigenvalue weighted by atomic mass is 79.9. The number of nitrogens with zero attached hydrogens (tertiary/aromatic N) is 3. The lowest BCUT2D eigenvalue weighted by molar-refractivity contribution is -0.870. The molecule has 1 aromatic carbocycles. The fraction of sp³-hybridized carbons (Fsp3) is 0.476. The maximum Gasteiger partial charge on any atom is 0.0908 e. The van der Waals surface area contributed by atoms with Gasteiger partial charge in [-0.25, -0.2) is 4.98 Å². The van der Waals surface area contributed by atoms with E-state index in [1.54, 1.807) is 0 Å². The van der Waals surface area contributed by atoms with Crippen LogP contribution in [0.5, 0.6) is 0 Å². The van der Waals surface area contributed by atoms with Gasteiger partial charge < -0.3 is 26.0 Å². The minimum atomic E-state index is 0. The van der Waals surface area contributed by atoms with Gasteiger partial charge in [-0.2, -0.15) is 0 Å². The average molecular weight is 485 g/mol. The summed E-state index contributed by atoms with van der Waals surface area (Å²) in [6.45, 7) is 4.56. The molecule has 0 atom stereocenters. The van der Waals surface area contributed by atoms with Gasteiger partial charge in [0.2, 0.25) is 0 Å². The number of halogens is 2. The first-order valence-electron chi connectivity index (χ1n) is 9.10. The van der Waals surface area contributed by atoms with Gasteiger partial charge in [-0.3, -0.25) is 0 Å². The van der Waals surface area contributed by atoms with Crippen LogP contribution >= 0.6 is 17.0 Å². The summed E-state index contributed by atoms with van der Waals surface area (Å²) in [6.07, 6.45) is 7.44. The number of pyridine rings is 1. The van der Waals surface area contributed by atoms with Crippen LogP contribution in [-0.2, 0) is 6.54 Å². The average Bonchev–Trinajstić information content (AvgIpc) is 2.91. The number of hydrogen-bond donors (Lipinski definition) is 0. The highest BCUT2D eigenvalue weighted by Crippen LogP contribution is 2.32. The lowest BCUT2D eigenvalue weighted by Crippen LogP contribution is -3.00. The Morgan fingerprint density at radius 2 is 1.65 bits per heavy atom. The van der Waals surface area contributed by atoms with Crippen molar-refractivity contribution in [2.24, 2.45) is 0 Å². The molecule has 0 bridgehead atoms. The van der Waals surface area contributed by atoms with E-state index in [9.17, 15) is 0 Å². The van der Waals surface area contributed by atoms with Crippen LogP contribution in [0.2, 0.25) is 0 Å². The highest BCUT2D eigenvalue weighted by molar-refractivity contribution is 8.93. The standard InChI is InChI=1S/C21H30N3.2BrH/c1-17-21-19(18-11-7-8-12-20(18)22-21)13-15-23(17)14-9-5-6-10-16-24(2,3)4;;/h7-8,11-13,15H,5-6,9-10,14,16H2,1-4H3;2*1H/q+1;;/p-1. The molecular weight excluding hydrogens is 454 g/mol. The van der Waals surface area contributed by atoms with Gasteiger partial charge in [0.05, 0.1) is 38.9 Å². The third-order valence-corrected chi connectivity index (χ3v) is 4.85. The van der Waals surface area contributed by atoms with Crippen molar-refractivity contribution < 1.29 is 21.5 Å². The molecule has 144 valence electrons. The fourth-order valence-electron chi connectivity index (χ4n) is 3.43. The zero-order valence-corrected chi connectivity index (χ0v) is 19.6. The van der Waals surface area contributed by atoms with E-state index in [4.69, 9.17) is 4.98 Å². The number of hydrogen-bond acceptors (Lipinski definition) is 1. The SMILES string of the molecule is Br.Cc1c2nc3ccccc3c-2ccn1CCCCCC[N+](C)(C)C.[Br-]. The maximum absolute atomic E-state index is 4.84. The van der Waals surface area contributed by atoms with E-state index in [-0.39, 0.29) is 34.0 Å². The van der Waals surface area contributed by atoms with Crippen LogP contribution in [0.3, 0.4) is 0 Å². The lowest BCUT2D eigenvalue weighted by Gasteiger charge is -2.23. The molecule has 0 amide bonds. The summed E-state index contributed by atoms with van der Waals surface area (Å²) in [6, 6.07) is 10.7. The van der Waals surface area contributed by atoms with Crippen LogP contribution in [0.4, 0.5) is 0 Å². The number of aromatic nitrogens is 2. The quantitative estimate of drug-likeness (QED) is 0.371. The number of unbranched alkanes of at least 4 members (excludes halogenated alkanes) is 3. The molecule has 0 aromatic heterocycles. The molecule has 0 N–H and O–H groups in total. The Balaban J connectivity index is 0.00000169. The second-order valence-electron chi connectivity index (χ2n) is 7.91. The summed E-state index contributed by atoms with van der Waals surface area (Å²) >= 11 is 0. The van der Waals surface area contributed by atoms with Crippen LogP contribution in [-0.4, -0.2) is 41.7 Å². The van der Waals surface area contributed by atoms with Crippen LogP contribution in [0.25, 0.3) is 22.2 Å². The molecule has 3 nitrogen and oxygen atoms in total. The summed E-state index contributed by atoms with van der Waals surface area (Å²) in [7, 11) is 6.81. The van der Waals surface area contributed by atoms with E-state index in [0.29, 0.717) is 0 Å². The van der Waals surface area contributed by atoms with E-state index in [1.807, 2.05) is 0 Å². The molecule has 1 aromatic rings. The second kappa shape index (κ2) is 9.86. The molecule has 2 heterocycles. The molecule has 26 heavy (non-hydrogen) atoms. The molecule has 0 unspecified atom stereocenters. The van der Waals surface area contributed by atoms with Gasteiger partial charge >= 0.3 is 0 Å². The minimum Gasteiger partial charge on any atom is -1.00 e. The molecule has 3 rings (SSSR count). The van der Waals surface area contributed by atoms with Crippen molar-refractivity contribution in [1.82, 2.24) is 9.55 Å². The van der Waals surface area contributed by atoms with Crippen molar-refractivity contribution >= 4 is 27.9 Å². The Morgan fingerprint density at radius 3 is 2.38 bits per heavy atom. The van der Waals surface area contributed by atoms with Crippen molar-refractivity contribution in [3.05, 3.63) is 42.2 Å². The monoisotopic (exact) mass is 483 g/mol. The van der Waals surface area contributed by atoms with Crippen LogP contribution in [0.1, 0.15) is 31.4 Å². The Labute approximate surface area is 178 Å². The van der Waals surface area contributed by atoms with Gasteiger partial charge in [0.1, 0.15) is 0 Å². The summed E-state index contributed by atoms with van der Waals surface area (Å²) in [4.78, 5) is 4.84. The molecule has 0 radical (unpaired) electrons. The van der Waals surface area contributed by atoms with Gasteiger partial charge in [0, 0.05) is 29.4 Å². The van der Waals surface area contributed by atoms with Crippen LogP contribution in [0.15, 0.2) is 36.5 Å². The maximum atomic E-state index is 4.84. The number of rotatable bonds is 7. The van der Waals surface area contributed by atoms with Gasteiger partial charge in [-0.05, 0) is 38.3 Å². The van der Waals surface area contributed by atoms with E-state index in [0.717, 1.165) is 22.2 Å². The fourth-order valence-corrected chi connectivity index (χ4v) is 3.43. The second-order valence-corrected chi connectivity index (χ2v) is 7.91. The highest BCUT2D eigenvalue weighted by Gasteiger charge is 2.15. The van der Waals surface area contributed by atoms with E-state index in [1.165, 1.54) is 48.9 Å². The number of para-hydroxylation sites is 1. The smallest absolute Gasteiger partial charge is 0.0908 e. The normalized spacial score (nSPS) is 11.4. The first kappa shape index (κ1) is 23.1. The summed E-state index contributed by atoms with van der Waals surface area (Å²) < 4.78 is 3.44. The van der Waals surface area contributed by atoms with E-state index < -0.39 is 0 Å². The van der Waals surface area contributed by atoms with Gasteiger partial charge in [0.15, 0.2) is 0 Å². The number of fused-ring (bicyclic) bond motifs is 3. The first-order valence-corrected chi connectivity index (χ1v) is 9.10. The molecular formula is C21H31Br2N3. The van der Waals surface area contributed by atoms with E-state index in [2.05, 4.69) is 69.2 Å². The summed E-state index contributed by atoms with van der Waals surface area (Å²) in [5.41, 5.74) is 4.83.